The van der Waals surface area contributed by atoms with Gasteiger partial charge in [-0.2, -0.15) is 12.1 Å². The van der Waals surface area contributed by atoms with E-state index in [9.17, 15) is 0 Å². The third-order valence-electron chi connectivity index (χ3n) is 6.38. The van der Waals surface area contributed by atoms with Crippen LogP contribution in [0.2, 0.25) is 52.4 Å². The Balaban J connectivity index is 0.000000234. The van der Waals surface area contributed by atoms with Gasteiger partial charge in [0, 0.05) is 0 Å². The Bertz CT molecular complexity index is 1340. The first-order valence-corrected chi connectivity index (χ1v) is 33.3. The summed E-state index contributed by atoms with van der Waals surface area (Å²) in [6, 6.07) is 17.9. The number of halogens is 2. The molecule has 220 valence electrons. The average molecular weight is 711 g/mol. The summed E-state index contributed by atoms with van der Waals surface area (Å²) in [5.74, 6) is 0. The van der Waals surface area contributed by atoms with Crippen LogP contribution in [0.5, 0.6) is 0 Å². The minimum absolute atomic E-state index is 0.224. The normalized spacial score (nSPS) is 11.7. The molecule has 0 aliphatic carbocycles. The van der Waals surface area contributed by atoms with Gasteiger partial charge in [-0.25, -0.2) is 0 Å². The Morgan fingerprint density at radius 1 is 0.675 bits per heavy atom. The van der Waals surface area contributed by atoms with E-state index in [2.05, 4.69) is 129 Å². The Morgan fingerprint density at radius 2 is 1.00 bits per heavy atom. The zero-order chi connectivity index (χ0) is 30.4. The standard InChI is InChI=1S/2C15H21OSi.C2H6Si.2ClH.Zr/c2*1-11-8-14-12(2)6-7-13(15(14)9-11)10-16-17(3,4)5;1-3-2;;;/h2*6-9H,10H2,1-5H3;1-2H3;2*1H;/q2*-1;;;;+2/p-2. The van der Waals surface area contributed by atoms with Crippen LogP contribution in [0.3, 0.4) is 0 Å². The number of hydrogen-bond donors (Lipinski definition) is 0. The van der Waals surface area contributed by atoms with E-state index in [-0.39, 0.29) is 5.43 Å². The molecule has 0 fully saturated rings. The minimum atomic E-state index is -1.65. The zero-order valence-electron chi connectivity index (χ0n) is 26.6. The molecule has 8 heteroatoms. The molecule has 0 bridgehead atoms. The van der Waals surface area contributed by atoms with E-state index in [4.69, 9.17) is 25.9 Å². The van der Waals surface area contributed by atoms with Crippen molar-refractivity contribution in [1.82, 2.24) is 0 Å². The van der Waals surface area contributed by atoms with E-state index in [0.717, 1.165) is 13.2 Å². The molecule has 4 aromatic rings. The quantitative estimate of drug-likeness (QED) is 0.146. The Hall–Kier alpha value is -0.306. The van der Waals surface area contributed by atoms with Crippen LogP contribution in [0.25, 0.3) is 21.5 Å². The SMILES string of the molecule is C[Si](C)=[Zr]([Cl])[Cl].Cc1cc2c(CO[Si](C)(C)C)ccc(C)c2[cH-]1.Cc1cc2c(CO[Si](C)(C)C)ccc(C)c2[cH-]1. The van der Waals surface area contributed by atoms with Crippen LogP contribution in [-0.4, -0.2) is 22.1 Å². The Labute approximate surface area is 260 Å². The monoisotopic (exact) mass is 708 g/mol. The van der Waals surface area contributed by atoms with Gasteiger partial charge in [0.05, 0.1) is 13.2 Å². The van der Waals surface area contributed by atoms with E-state index in [1.165, 1.54) is 54.9 Å². The average Bonchev–Trinajstić information content (AvgIpc) is 3.41. The molecular weight excluding hydrogens is 663 g/mol. The maximum absolute atomic E-state index is 6.01. The van der Waals surface area contributed by atoms with E-state index >= 15 is 0 Å². The first-order valence-electron chi connectivity index (χ1n) is 14.0. The number of hydrogen-bond acceptors (Lipinski definition) is 2. The van der Waals surface area contributed by atoms with Crippen molar-refractivity contribution in [3.8, 4) is 0 Å². The zero-order valence-corrected chi connectivity index (χ0v) is 33.6. The van der Waals surface area contributed by atoms with Crippen molar-refractivity contribution >= 4 is 60.6 Å². The second kappa shape index (κ2) is 15.4. The number of rotatable bonds is 6. The van der Waals surface area contributed by atoms with E-state index in [1.807, 2.05) is 0 Å². The molecule has 0 saturated heterocycles. The topological polar surface area (TPSA) is 18.5 Å². The predicted octanol–water partition coefficient (Wildman–Crippen LogP) is 11.2. The van der Waals surface area contributed by atoms with Gasteiger partial charge in [-0.15, -0.1) is 68.1 Å². The maximum Gasteiger partial charge on any atom is 0.184 e. The first-order chi connectivity index (χ1) is 18.4. The van der Waals surface area contributed by atoms with Crippen molar-refractivity contribution in [3.05, 3.63) is 81.9 Å². The van der Waals surface area contributed by atoms with Crippen molar-refractivity contribution in [2.45, 2.75) is 93.3 Å². The second-order valence-corrected chi connectivity index (χ2v) is 44.9. The van der Waals surface area contributed by atoms with Crippen LogP contribution in [0, 0.1) is 27.7 Å². The molecule has 0 radical (unpaired) electrons. The molecule has 40 heavy (non-hydrogen) atoms. The van der Waals surface area contributed by atoms with Crippen LogP contribution >= 0.6 is 17.0 Å². The number of benzene rings is 2. The summed E-state index contributed by atoms with van der Waals surface area (Å²) in [5, 5.41) is 5.47. The van der Waals surface area contributed by atoms with Crippen LogP contribution in [0.1, 0.15) is 33.4 Å². The molecule has 2 nitrogen and oxygen atoms in total. The van der Waals surface area contributed by atoms with Crippen molar-refractivity contribution < 1.29 is 26.8 Å². The molecular formula is C32H48Cl2O2Si3Zr-2. The van der Waals surface area contributed by atoms with E-state index < -0.39 is 34.6 Å². The molecule has 0 aliphatic heterocycles. The van der Waals surface area contributed by atoms with E-state index in [1.54, 1.807) is 0 Å². The fourth-order valence-electron chi connectivity index (χ4n) is 4.14. The van der Waals surface area contributed by atoms with Gasteiger partial charge < -0.3 is 8.85 Å². The van der Waals surface area contributed by atoms with Crippen LogP contribution in [-0.2, 0) is 40.0 Å². The van der Waals surface area contributed by atoms with Crippen LogP contribution in [0.4, 0.5) is 0 Å². The van der Waals surface area contributed by atoms with Crippen molar-refractivity contribution in [2.24, 2.45) is 0 Å². The van der Waals surface area contributed by atoms with Gasteiger partial charge in [-0.3, -0.25) is 0 Å². The summed E-state index contributed by atoms with van der Waals surface area (Å²) in [5.41, 5.74) is 7.79. The van der Waals surface area contributed by atoms with Gasteiger partial charge in [0.1, 0.15) is 0 Å². The van der Waals surface area contributed by atoms with Gasteiger partial charge in [-0.05, 0) is 39.3 Å². The molecule has 0 aromatic heterocycles. The summed E-state index contributed by atoms with van der Waals surface area (Å²) in [7, 11) is 8.37. The largest absolute Gasteiger partial charge is 0.414 e. The molecule has 0 unspecified atom stereocenters. The number of fused-ring (bicyclic) bond motifs is 2. The van der Waals surface area contributed by atoms with Gasteiger partial charge in [-0.1, -0.05) is 51.0 Å². The second-order valence-electron chi connectivity index (χ2n) is 12.9. The molecule has 0 spiro atoms. The molecule has 0 heterocycles. The summed E-state index contributed by atoms with van der Waals surface area (Å²) in [6.07, 6.45) is 0. The molecule has 0 atom stereocenters. The van der Waals surface area contributed by atoms with Gasteiger partial charge >= 0.3 is 53.5 Å². The van der Waals surface area contributed by atoms with Crippen molar-refractivity contribution in [2.75, 3.05) is 0 Å². The summed E-state index contributed by atoms with van der Waals surface area (Å²) < 4.78 is 12.0. The fourth-order valence-corrected chi connectivity index (χ4v) is 5.32. The van der Waals surface area contributed by atoms with Crippen molar-refractivity contribution in [3.63, 3.8) is 0 Å². The Morgan fingerprint density at radius 3 is 1.27 bits per heavy atom. The Kier molecular flexibility index (Phi) is 13.8. The maximum atomic E-state index is 6.01. The van der Waals surface area contributed by atoms with Crippen molar-refractivity contribution in [1.29, 1.82) is 0 Å². The molecule has 0 aliphatic rings. The molecule has 0 amide bonds. The molecule has 4 aromatic carbocycles. The smallest absolute Gasteiger partial charge is 0.184 e. The van der Waals surface area contributed by atoms with E-state index in [0.29, 0.717) is 0 Å². The molecule has 4 rings (SSSR count). The molecule has 0 N–H and O–H groups in total. The van der Waals surface area contributed by atoms with Gasteiger partial charge in [0.2, 0.25) is 0 Å². The predicted molar refractivity (Wildman–Crippen MR) is 183 cm³/mol. The first kappa shape index (κ1) is 35.9. The summed E-state index contributed by atoms with van der Waals surface area (Å²) in [6.45, 7) is 27.9. The van der Waals surface area contributed by atoms with Crippen LogP contribution in [0.15, 0.2) is 48.5 Å². The molecule has 0 saturated carbocycles. The minimum Gasteiger partial charge on any atom is -0.414 e. The third-order valence-corrected chi connectivity index (χ3v) is 28.1. The third kappa shape index (κ3) is 11.8. The number of aryl methyl sites for hydroxylation is 4. The van der Waals surface area contributed by atoms with Gasteiger partial charge in [0.15, 0.2) is 16.6 Å². The summed E-state index contributed by atoms with van der Waals surface area (Å²) in [4.78, 5) is 0. The fraction of sp³-hybridized carbons (Fsp3) is 0.438. The summed E-state index contributed by atoms with van der Waals surface area (Å²) >= 11 is -1.65. The van der Waals surface area contributed by atoms with Gasteiger partial charge in [0.25, 0.3) is 0 Å². The van der Waals surface area contributed by atoms with Crippen LogP contribution < -0.4 is 0 Å².